The molecule has 0 spiro atoms. The molecular formula is C21H13F5O. The van der Waals surface area contributed by atoms with Crippen LogP contribution in [0.15, 0.2) is 66.9 Å². The Morgan fingerprint density at radius 3 is 1.85 bits per heavy atom. The Bertz CT molecular complexity index is 983. The molecule has 0 aliphatic carbocycles. The van der Waals surface area contributed by atoms with Gasteiger partial charge in [0.15, 0.2) is 23.6 Å². The number of hydrogen-bond acceptors (Lipinski definition) is 1. The minimum absolute atomic E-state index is 0.0255. The van der Waals surface area contributed by atoms with Crippen LogP contribution in [-0.2, 0) is 0 Å². The summed E-state index contributed by atoms with van der Waals surface area (Å²) in [6, 6.07) is 13.4. The molecule has 3 aromatic carbocycles. The molecule has 0 heterocycles. The first-order valence-electron chi connectivity index (χ1n) is 7.89. The quantitative estimate of drug-likeness (QED) is 0.357. The van der Waals surface area contributed by atoms with Crippen LogP contribution in [0.1, 0.15) is 5.56 Å². The molecule has 6 heteroatoms. The second-order valence-corrected chi connectivity index (χ2v) is 5.86. The van der Waals surface area contributed by atoms with E-state index >= 15 is 0 Å². The molecule has 0 amide bonds. The maximum absolute atomic E-state index is 14.5. The monoisotopic (exact) mass is 376 g/mol. The molecule has 0 aliphatic heterocycles. The van der Waals surface area contributed by atoms with Gasteiger partial charge in [0.2, 0.25) is 0 Å². The van der Waals surface area contributed by atoms with Gasteiger partial charge in [-0.2, -0.15) is 8.78 Å². The second kappa shape index (κ2) is 7.61. The zero-order chi connectivity index (χ0) is 19.6. The van der Waals surface area contributed by atoms with Crippen molar-refractivity contribution < 1.29 is 26.7 Å². The van der Waals surface area contributed by atoms with E-state index in [1.54, 1.807) is 6.07 Å². The lowest BCUT2D eigenvalue weighted by Gasteiger charge is -2.10. The standard InChI is InChI=1S/C21H13F5O/c1-12-2-4-13(5-3-12)14-6-7-16(17(22)8-14)15-9-18(23)21(19(24)10-15)27-11-20(25)26/h2-11H,1H3. The second-order valence-electron chi connectivity index (χ2n) is 5.86. The van der Waals surface area contributed by atoms with Gasteiger partial charge in [-0.1, -0.05) is 42.0 Å². The van der Waals surface area contributed by atoms with Crippen molar-refractivity contribution in [3.63, 3.8) is 0 Å². The number of benzene rings is 3. The fraction of sp³-hybridized carbons (Fsp3) is 0.0476. The van der Waals surface area contributed by atoms with E-state index in [1.807, 2.05) is 31.2 Å². The van der Waals surface area contributed by atoms with Crippen molar-refractivity contribution in [3.8, 4) is 28.0 Å². The van der Waals surface area contributed by atoms with Crippen LogP contribution in [0, 0.1) is 24.4 Å². The Balaban J connectivity index is 1.97. The highest BCUT2D eigenvalue weighted by Crippen LogP contribution is 2.32. The fourth-order valence-electron chi connectivity index (χ4n) is 2.61. The molecule has 0 N–H and O–H groups in total. The lowest BCUT2D eigenvalue weighted by molar-refractivity contribution is 0.344. The third-order valence-corrected chi connectivity index (χ3v) is 3.93. The van der Waals surface area contributed by atoms with Crippen LogP contribution in [0.25, 0.3) is 22.3 Å². The van der Waals surface area contributed by atoms with Crippen molar-refractivity contribution in [2.75, 3.05) is 0 Å². The summed E-state index contributed by atoms with van der Waals surface area (Å²) in [5.41, 5.74) is 2.37. The van der Waals surface area contributed by atoms with E-state index in [0.29, 0.717) is 5.56 Å². The number of ether oxygens (including phenoxy) is 1. The van der Waals surface area contributed by atoms with E-state index in [1.165, 1.54) is 12.1 Å². The topological polar surface area (TPSA) is 9.23 Å². The van der Waals surface area contributed by atoms with E-state index < -0.39 is 29.3 Å². The molecule has 3 aromatic rings. The molecule has 27 heavy (non-hydrogen) atoms. The molecule has 0 bridgehead atoms. The van der Waals surface area contributed by atoms with Crippen molar-refractivity contribution >= 4 is 0 Å². The van der Waals surface area contributed by atoms with Crippen LogP contribution in [0.4, 0.5) is 22.0 Å². The maximum atomic E-state index is 14.5. The van der Waals surface area contributed by atoms with Gasteiger partial charge in [0.1, 0.15) is 5.82 Å². The summed E-state index contributed by atoms with van der Waals surface area (Å²) >= 11 is 0. The molecule has 0 unspecified atom stereocenters. The van der Waals surface area contributed by atoms with Gasteiger partial charge in [0.25, 0.3) is 0 Å². The molecule has 0 fully saturated rings. The smallest absolute Gasteiger partial charge is 0.305 e. The highest BCUT2D eigenvalue weighted by Gasteiger charge is 2.16. The summed E-state index contributed by atoms with van der Waals surface area (Å²) < 4.78 is 70.9. The molecule has 138 valence electrons. The first-order chi connectivity index (χ1) is 12.8. The van der Waals surface area contributed by atoms with Gasteiger partial charge in [-0.05, 0) is 41.8 Å². The highest BCUT2D eigenvalue weighted by molar-refractivity contribution is 5.71. The predicted molar refractivity (Wildman–Crippen MR) is 92.9 cm³/mol. The molecule has 0 aromatic heterocycles. The van der Waals surface area contributed by atoms with Gasteiger partial charge in [-0.25, -0.2) is 13.2 Å². The maximum Gasteiger partial charge on any atom is 0.305 e. The van der Waals surface area contributed by atoms with Gasteiger partial charge in [0, 0.05) is 5.56 Å². The van der Waals surface area contributed by atoms with Crippen LogP contribution in [0.3, 0.4) is 0 Å². The third-order valence-electron chi connectivity index (χ3n) is 3.93. The minimum atomic E-state index is -2.24. The molecule has 1 nitrogen and oxygen atoms in total. The molecular weight excluding hydrogens is 363 g/mol. The van der Waals surface area contributed by atoms with Crippen LogP contribution in [0.2, 0.25) is 0 Å². The third kappa shape index (κ3) is 4.16. The fourth-order valence-corrected chi connectivity index (χ4v) is 2.61. The molecule has 0 saturated carbocycles. The van der Waals surface area contributed by atoms with Crippen molar-refractivity contribution in [2.45, 2.75) is 6.92 Å². The van der Waals surface area contributed by atoms with Crippen LogP contribution < -0.4 is 4.74 Å². The summed E-state index contributed by atoms with van der Waals surface area (Å²) in [6.45, 7) is 1.93. The Kier molecular flexibility index (Phi) is 5.26. The van der Waals surface area contributed by atoms with Gasteiger partial charge in [-0.3, -0.25) is 0 Å². The van der Waals surface area contributed by atoms with Crippen LogP contribution in [0.5, 0.6) is 5.75 Å². The molecule has 0 saturated heterocycles. The first kappa shape index (κ1) is 18.6. The number of halogens is 5. The van der Waals surface area contributed by atoms with E-state index in [9.17, 15) is 22.0 Å². The van der Waals surface area contributed by atoms with E-state index in [4.69, 9.17) is 0 Å². The zero-order valence-corrected chi connectivity index (χ0v) is 14.1. The first-order valence-corrected chi connectivity index (χ1v) is 7.89. The van der Waals surface area contributed by atoms with E-state index in [2.05, 4.69) is 4.74 Å². The lowest BCUT2D eigenvalue weighted by atomic mass is 9.99. The Hall–Kier alpha value is -3.15. The normalized spacial score (nSPS) is 10.6. The number of rotatable bonds is 4. The van der Waals surface area contributed by atoms with E-state index in [-0.39, 0.29) is 17.4 Å². The van der Waals surface area contributed by atoms with Crippen molar-refractivity contribution in [1.82, 2.24) is 0 Å². The van der Waals surface area contributed by atoms with Gasteiger partial charge in [-0.15, -0.1) is 0 Å². The summed E-state index contributed by atoms with van der Waals surface area (Å²) in [4.78, 5) is 0. The van der Waals surface area contributed by atoms with Crippen LogP contribution in [-0.4, -0.2) is 0 Å². The summed E-state index contributed by atoms with van der Waals surface area (Å²) in [5.74, 6) is -4.09. The summed E-state index contributed by atoms with van der Waals surface area (Å²) in [5, 5.41) is 0. The Morgan fingerprint density at radius 2 is 1.30 bits per heavy atom. The van der Waals surface area contributed by atoms with E-state index in [0.717, 1.165) is 23.3 Å². The molecule has 0 aliphatic rings. The highest BCUT2D eigenvalue weighted by atomic mass is 19.3. The SMILES string of the molecule is Cc1ccc(-c2ccc(-c3cc(F)c(OC=C(F)F)c(F)c3)c(F)c2)cc1. The molecule has 3 rings (SSSR count). The number of aryl methyl sites for hydroxylation is 1. The van der Waals surface area contributed by atoms with Crippen LogP contribution >= 0.6 is 0 Å². The average molecular weight is 376 g/mol. The van der Waals surface area contributed by atoms with Crippen molar-refractivity contribution in [1.29, 1.82) is 0 Å². The zero-order valence-electron chi connectivity index (χ0n) is 14.1. The van der Waals surface area contributed by atoms with Gasteiger partial charge in [0.05, 0.1) is 0 Å². The number of hydrogen-bond donors (Lipinski definition) is 0. The van der Waals surface area contributed by atoms with Gasteiger partial charge >= 0.3 is 6.08 Å². The summed E-state index contributed by atoms with van der Waals surface area (Å²) in [6.07, 6.45) is -2.31. The molecule has 0 atom stereocenters. The average Bonchev–Trinajstić information content (AvgIpc) is 2.61. The minimum Gasteiger partial charge on any atom is -0.453 e. The van der Waals surface area contributed by atoms with Gasteiger partial charge < -0.3 is 4.74 Å². The lowest BCUT2D eigenvalue weighted by Crippen LogP contribution is -1.95. The largest absolute Gasteiger partial charge is 0.453 e. The van der Waals surface area contributed by atoms with Crippen molar-refractivity contribution in [3.05, 3.63) is 90.0 Å². The molecule has 0 radical (unpaired) electrons. The predicted octanol–water partition coefficient (Wildman–Crippen LogP) is 6.86. The Labute approximate surface area is 152 Å². The summed E-state index contributed by atoms with van der Waals surface area (Å²) in [7, 11) is 0. The Morgan fingerprint density at radius 1 is 0.741 bits per heavy atom. The van der Waals surface area contributed by atoms with Crippen molar-refractivity contribution in [2.24, 2.45) is 0 Å².